The first-order valence-electron chi connectivity index (χ1n) is 6.00. The first-order chi connectivity index (χ1) is 8.69. The minimum absolute atomic E-state index is 0.696. The highest BCUT2D eigenvalue weighted by Gasteiger charge is 2.01. The molecule has 0 unspecified atom stereocenters. The number of benzene rings is 1. The summed E-state index contributed by atoms with van der Waals surface area (Å²) in [7, 11) is 1.89. The number of nitrogens with zero attached hydrogens (tertiary/aromatic N) is 2. The van der Waals surface area contributed by atoms with Crippen LogP contribution in [0.2, 0.25) is 0 Å². The van der Waals surface area contributed by atoms with Crippen molar-refractivity contribution in [2.24, 2.45) is 7.05 Å². The van der Waals surface area contributed by atoms with Gasteiger partial charge in [0, 0.05) is 26.3 Å². The molecule has 3 nitrogen and oxygen atoms in total. The van der Waals surface area contributed by atoms with Crippen LogP contribution in [0.1, 0.15) is 22.4 Å². The fourth-order valence-electron chi connectivity index (χ4n) is 1.90. The summed E-state index contributed by atoms with van der Waals surface area (Å²) in [5.74, 6) is 0. The van der Waals surface area contributed by atoms with Crippen molar-refractivity contribution >= 4 is 0 Å². The molecule has 92 valence electrons. The third-order valence-corrected chi connectivity index (χ3v) is 2.95. The number of nitrogens with one attached hydrogen (secondary N) is 1. The van der Waals surface area contributed by atoms with Crippen LogP contribution < -0.4 is 5.32 Å². The lowest BCUT2D eigenvalue weighted by atomic mass is 10.1. The molecule has 0 aliphatic rings. The standard InChI is InChI=1S/C15H17N3/c1-12-3-5-13(6-4-12)9-17-10-14-7-15(8-16)18(2)11-14/h3-7,11,17H,9-10H2,1-2H3. The second kappa shape index (κ2) is 5.52. The van der Waals surface area contributed by atoms with Crippen LogP contribution in [0.4, 0.5) is 0 Å². The first kappa shape index (κ1) is 12.4. The lowest BCUT2D eigenvalue weighted by Crippen LogP contribution is -2.12. The Balaban J connectivity index is 1.88. The van der Waals surface area contributed by atoms with Crippen LogP contribution in [0, 0.1) is 18.3 Å². The van der Waals surface area contributed by atoms with Crippen molar-refractivity contribution in [3.8, 4) is 6.07 Å². The van der Waals surface area contributed by atoms with Crippen LogP contribution in [-0.2, 0) is 20.1 Å². The molecule has 2 rings (SSSR count). The molecule has 0 aliphatic carbocycles. The Bertz CT molecular complexity index is 558. The third-order valence-electron chi connectivity index (χ3n) is 2.95. The van der Waals surface area contributed by atoms with E-state index < -0.39 is 0 Å². The van der Waals surface area contributed by atoms with Crippen molar-refractivity contribution in [1.29, 1.82) is 5.26 Å². The highest BCUT2D eigenvalue weighted by molar-refractivity contribution is 5.28. The number of aromatic nitrogens is 1. The highest BCUT2D eigenvalue weighted by Crippen LogP contribution is 2.07. The molecule has 2 aromatic rings. The Morgan fingerprint density at radius 1 is 1.17 bits per heavy atom. The van der Waals surface area contributed by atoms with Crippen molar-refractivity contribution in [2.45, 2.75) is 20.0 Å². The predicted molar refractivity (Wildman–Crippen MR) is 71.9 cm³/mol. The molecule has 0 saturated heterocycles. The van der Waals surface area contributed by atoms with Crippen molar-refractivity contribution in [3.05, 3.63) is 58.9 Å². The summed E-state index contributed by atoms with van der Waals surface area (Å²) >= 11 is 0. The van der Waals surface area contributed by atoms with Crippen LogP contribution >= 0.6 is 0 Å². The number of hydrogen-bond acceptors (Lipinski definition) is 2. The van der Waals surface area contributed by atoms with Crippen LogP contribution in [-0.4, -0.2) is 4.57 Å². The molecule has 0 atom stereocenters. The number of nitriles is 1. The normalized spacial score (nSPS) is 10.3. The number of rotatable bonds is 4. The summed E-state index contributed by atoms with van der Waals surface area (Å²) in [4.78, 5) is 0. The van der Waals surface area contributed by atoms with Crippen LogP contribution in [0.25, 0.3) is 0 Å². The van der Waals surface area contributed by atoms with Gasteiger partial charge >= 0.3 is 0 Å². The van der Waals surface area contributed by atoms with Crippen molar-refractivity contribution in [3.63, 3.8) is 0 Å². The Kier molecular flexibility index (Phi) is 3.81. The molecular formula is C15H17N3. The van der Waals surface area contributed by atoms with Crippen molar-refractivity contribution < 1.29 is 0 Å². The monoisotopic (exact) mass is 239 g/mol. The maximum Gasteiger partial charge on any atom is 0.120 e. The number of aryl methyl sites for hydroxylation is 2. The fraction of sp³-hybridized carbons (Fsp3) is 0.267. The Labute approximate surface area is 108 Å². The average molecular weight is 239 g/mol. The van der Waals surface area contributed by atoms with Crippen LogP contribution in [0.15, 0.2) is 36.5 Å². The fourth-order valence-corrected chi connectivity index (χ4v) is 1.90. The van der Waals surface area contributed by atoms with Gasteiger partial charge in [0.15, 0.2) is 0 Å². The molecule has 1 N–H and O–H groups in total. The summed E-state index contributed by atoms with van der Waals surface area (Å²) in [6, 6.07) is 12.6. The number of hydrogen-bond donors (Lipinski definition) is 1. The molecule has 1 aromatic carbocycles. The molecule has 1 aromatic heterocycles. The van der Waals surface area contributed by atoms with E-state index in [2.05, 4.69) is 42.6 Å². The van der Waals surface area contributed by atoms with Crippen molar-refractivity contribution in [1.82, 2.24) is 9.88 Å². The summed E-state index contributed by atoms with van der Waals surface area (Å²) in [6.07, 6.45) is 1.99. The van der Waals surface area contributed by atoms with Crippen LogP contribution in [0.5, 0.6) is 0 Å². The van der Waals surface area contributed by atoms with Gasteiger partial charge in [-0.05, 0) is 24.1 Å². The topological polar surface area (TPSA) is 40.8 Å². The van der Waals surface area contributed by atoms with E-state index in [9.17, 15) is 0 Å². The maximum absolute atomic E-state index is 8.87. The van der Waals surface area contributed by atoms with Gasteiger partial charge in [0.25, 0.3) is 0 Å². The molecule has 0 fully saturated rings. The van der Waals surface area contributed by atoms with Gasteiger partial charge in [0.05, 0.1) is 0 Å². The third kappa shape index (κ3) is 2.99. The first-order valence-corrected chi connectivity index (χ1v) is 6.00. The van der Waals surface area contributed by atoms with E-state index in [4.69, 9.17) is 5.26 Å². The quantitative estimate of drug-likeness (QED) is 0.890. The molecular weight excluding hydrogens is 222 g/mol. The van der Waals surface area contributed by atoms with E-state index in [1.54, 1.807) is 0 Å². The van der Waals surface area contributed by atoms with Gasteiger partial charge in [0.1, 0.15) is 11.8 Å². The Hall–Kier alpha value is -2.05. The predicted octanol–water partition coefficient (Wildman–Crippen LogP) is 2.50. The van der Waals surface area contributed by atoms with Gasteiger partial charge in [-0.3, -0.25) is 0 Å². The molecule has 0 radical (unpaired) electrons. The van der Waals surface area contributed by atoms with E-state index in [1.165, 1.54) is 11.1 Å². The Morgan fingerprint density at radius 2 is 1.83 bits per heavy atom. The smallest absolute Gasteiger partial charge is 0.120 e. The van der Waals surface area contributed by atoms with Crippen molar-refractivity contribution in [2.75, 3.05) is 0 Å². The van der Waals surface area contributed by atoms with Crippen LogP contribution in [0.3, 0.4) is 0 Å². The lowest BCUT2D eigenvalue weighted by molar-refractivity contribution is 0.692. The highest BCUT2D eigenvalue weighted by atomic mass is 14.9. The van der Waals surface area contributed by atoms with Gasteiger partial charge in [-0.2, -0.15) is 5.26 Å². The molecule has 18 heavy (non-hydrogen) atoms. The zero-order valence-electron chi connectivity index (χ0n) is 10.8. The van der Waals surface area contributed by atoms with E-state index in [0.717, 1.165) is 18.7 Å². The molecule has 0 aliphatic heterocycles. The summed E-state index contributed by atoms with van der Waals surface area (Å²) in [5, 5.41) is 12.2. The maximum atomic E-state index is 8.87. The summed E-state index contributed by atoms with van der Waals surface area (Å²) in [6.45, 7) is 3.71. The minimum Gasteiger partial charge on any atom is -0.342 e. The van der Waals surface area contributed by atoms with Gasteiger partial charge in [-0.15, -0.1) is 0 Å². The molecule has 0 amide bonds. The van der Waals surface area contributed by atoms with Gasteiger partial charge in [0.2, 0.25) is 0 Å². The SMILES string of the molecule is Cc1ccc(CNCc2cc(C#N)n(C)c2)cc1. The summed E-state index contributed by atoms with van der Waals surface area (Å²) < 4.78 is 1.85. The lowest BCUT2D eigenvalue weighted by Gasteiger charge is -2.03. The Morgan fingerprint density at radius 3 is 2.44 bits per heavy atom. The second-order valence-electron chi connectivity index (χ2n) is 4.55. The van der Waals surface area contributed by atoms with Gasteiger partial charge in [-0.1, -0.05) is 29.8 Å². The zero-order valence-corrected chi connectivity index (χ0v) is 10.8. The molecule has 0 saturated carbocycles. The summed E-state index contributed by atoms with van der Waals surface area (Å²) in [5.41, 5.74) is 4.39. The van der Waals surface area contributed by atoms with E-state index >= 15 is 0 Å². The molecule has 0 bridgehead atoms. The zero-order chi connectivity index (χ0) is 13.0. The molecule has 1 heterocycles. The average Bonchev–Trinajstić information content (AvgIpc) is 2.72. The molecule has 0 spiro atoms. The van der Waals surface area contributed by atoms with E-state index in [0.29, 0.717) is 5.69 Å². The molecule has 3 heteroatoms. The van der Waals surface area contributed by atoms with Gasteiger partial charge in [-0.25, -0.2) is 0 Å². The minimum atomic E-state index is 0.696. The van der Waals surface area contributed by atoms with Gasteiger partial charge < -0.3 is 9.88 Å². The largest absolute Gasteiger partial charge is 0.342 e. The second-order valence-corrected chi connectivity index (χ2v) is 4.55. The van der Waals surface area contributed by atoms with E-state index in [1.807, 2.05) is 23.9 Å². The van der Waals surface area contributed by atoms with E-state index in [-0.39, 0.29) is 0 Å².